The van der Waals surface area contributed by atoms with E-state index in [1.54, 1.807) is 54.7 Å². The fourth-order valence-corrected chi connectivity index (χ4v) is 2.88. The molecule has 136 valence electrons. The molecule has 0 spiro atoms. The average molecular weight is 362 g/mol. The van der Waals surface area contributed by atoms with Gasteiger partial charge < -0.3 is 9.64 Å². The van der Waals surface area contributed by atoms with Crippen LogP contribution in [0.2, 0.25) is 0 Å². The van der Waals surface area contributed by atoms with Gasteiger partial charge in [0.05, 0.1) is 29.7 Å². The first kappa shape index (κ1) is 18.1. The van der Waals surface area contributed by atoms with Crippen molar-refractivity contribution in [1.29, 1.82) is 5.26 Å². The smallest absolute Gasteiger partial charge is 0.342 e. The molecule has 0 fully saturated rings. The molecule has 0 bridgehead atoms. The SMILES string of the molecule is CCCOC(=O)c1c(N(C)c2cccnc2)c(C#N)c(=O)n2ccccc12. The van der Waals surface area contributed by atoms with E-state index in [2.05, 4.69) is 4.98 Å². The molecule has 0 aliphatic rings. The van der Waals surface area contributed by atoms with Crippen LogP contribution in [0.3, 0.4) is 0 Å². The third-order valence-electron chi connectivity index (χ3n) is 4.14. The van der Waals surface area contributed by atoms with Crippen LogP contribution in [0.4, 0.5) is 11.4 Å². The molecule has 3 aromatic rings. The number of rotatable bonds is 5. The minimum Gasteiger partial charge on any atom is -0.462 e. The maximum atomic E-state index is 12.9. The second-order valence-corrected chi connectivity index (χ2v) is 5.88. The third kappa shape index (κ3) is 3.25. The average Bonchev–Trinajstić information content (AvgIpc) is 2.72. The Hall–Kier alpha value is -3.66. The summed E-state index contributed by atoms with van der Waals surface area (Å²) >= 11 is 0. The van der Waals surface area contributed by atoms with Gasteiger partial charge in [0.1, 0.15) is 17.2 Å². The van der Waals surface area contributed by atoms with E-state index >= 15 is 0 Å². The lowest BCUT2D eigenvalue weighted by Crippen LogP contribution is -2.26. The van der Waals surface area contributed by atoms with E-state index in [1.165, 1.54) is 10.6 Å². The number of nitrogens with zero attached hydrogens (tertiary/aromatic N) is 4. The van der Waals surface area contributed by atoms with E-state index in [0.717, 1.165) is 0 Å². The normalized spacial score (nSPS) is 10.4. The number of anilines is 2. The number of hydrogen-bond acceptors (Lipinski definition) is 6. The lowest BCUT2D eigenvalue weighted by molar-refractivity contribution is 0.0507. The van der Waals surface area contributed by atoms with Crippen LogP contribution < -0.4 is 10.5 Å². The highest BCUT2D eigenvalue weighted by atomic mass is 16.5. The topological polar surface area (TPSA) is 87.7 Å². The summed E-state index contributed by atoms with van der Waals surface area (Å²) in [6.07, 6.45) is 5.40. The van der Waals surface area contributed by atoms with Crippen molar-refractivity contribution in [2.24, 2.45) is 0 Å². The molecule has 3 heterocycles. The van der Waals surface area contributed by atoms with E-state index in [9.17, 15) is 14.9 Å². The number of ether oxygens (including phenoxy) is 1. The maximum absolute atomic E-state index is 12.9. The molecule has 7 heteroatoms. The van der Waals surface area contributed by atoms with Gasteiger partial charge in [-0.2, -0.15) is 5.26 Å². The van der Waals surface area contributed by atoms with Crippen molar-refractivity contribution in [3.05, 3.63) is 70.4 Å². The van der Waals surface area contributed by atoms with Gasteiger partial charge in [0.15, 0.2) is 0 Å². The van der Waals surface area contributed by atoms with Crippen molar-refractivity contribution in [3.63, 3.8) is 0 Å². The van der Waals surface area contributed by atoms with Gasteiger partial charge in [-0.1, -0.05) is 13.0 Å². The molecule has 0 aliphatic heterocycles. The summed E-state index contributed by atoms with van der Waals surface area (Å²) in [5.74, 6) is -0.581. The second kappa shape index (κ2) is 7.70. The molecule has 0 atom stereocenters. The Morgan fingerprint density at radius 1 is 1.33 bits per heavy atom. The number of nitriles is 1. The van der Waals surface area contributed by atoms with E-state index in [-0.39, 0.29) is 23.4 Å². The van der Waals surface area contributed by atoms with Crippen LogP contribution >= 0.6 is 0 Å². The highest BCUT2D eigenvalue weighted by molar-refractivity contribution is 6.05. The predicted molar refractivity (Wildman–Crippen MR) is 101 cm³/mol. The van der Waals surface area contributed by atoms with Crippen molar-refractivity contribution in [2.75, 3.05) is 18.6 Å². The molecule has 3 aromatic heterocycles. The lowest BCUT2D eigenvalue weighted by Gasteiger charge is -2.24. The number of hydrogen-bond donors (Lipinski definition) is 0. The summed E-state index contributed by atoms with van der Waals surface area (Å²) in [5, 5.41) is 9.68. The summed E-state index contributed by atoms with van der Waals surface area (Å²) in [7, 11) is 1.68. The summed E-state index contributed by atoms with van der Waals surface area (Å²) in [5.41, 5.74) is 0.778. The Labute approximate surface area is 156 Å². The van der Waals surface area contributed by atoms with Crippen molar-refractivity contribution in [2.45, 2.75) is 13.3 Å². The third-order valence-corrected chi connectivity index (χ3v) is 4.14. The summed E-state index contributed by atoms with van der Waals surface area (Å²) in [4.78, 5) is 31.4. The molecule has 0 aliphatic carbocycles. The Morgan fingerprint density at radius 3 is 2.81 bits per heavy atom. The quantitative estimate of drug-likeness (QED) is 0.649. The molecule has 0 amide bonds. The minimum absolute atomic E-state index is 0.131. The number of carbonyl (C=O) groups is 1. The number of fused-ring (bicyclic) bond motifs is 1. The van der Waals surface area contributed by atoms with Crippen LogP contribution in [0, 0.1) is 11.3 Å². The Balaban J connectivity index is 2.37. The highest BCUT2D eigenvalue weighted by Crippen LogP contribution is 2.31. The first-order valence-electron chi connectivity index (χ1n) is 8.48. The van der Waals surface area contributed by atoms with Gasteiger partial charge in [-0.25, -0.2) is 4.79 Å². The number of pyridine rings is 3. The largest absolute Gasteiger partial charge is 0.462 e. The van der Waals surface area contributed by atoms with Gasteiger partial charge in [-0.15, -0.1) is 0 Å². The Bertz CT molecular complexity index is 1080. The maximum Gasteiger partial charge on any atom is 0.342 e. The Morgan fingerprint density at radius 2 is 2.15 bits per heavy atom. The zero-order valence-electron chi connectivity index (χ0n) is 15.0. The van der Waals surface area contributed by atoms with Crippen LogP contribution in [0.5, 0.6) is 0 Å². The van der Waals surface area contributed by atoms with Crippen LogP contribution in [-0.4, -0.2) is 29.0 Å². The zero-order valence-corrected chi connectivity index (χ0v) is 15.0. The monoisotopic (exact) mass is 362 g/mol. The van der Waals surface area contributed by atoms with E-state index in [0.29, 0.717) is 17.6 Å². The fraction of sp³-hybridized carbons (Fsp3) is 0.200. The molecule has 0 N–H and O–H groups in total. The van der Waals surface area contributed by atoms with Gasteiger partial charge in [0, 0.05) is 19.4 Å². The molecule has 0 radical (unpaired) electrons. The van der Waals surface area contributed by atoms with E-state index in [4.69, 9.17) is 4.74 Å². The summed E-state index contributed by atoms with van der Waals surface area (Å²) < 4.78 is 6.64. The molecule has 0 saturated carbocycles. The molecule has 3 rings (SSSR count). The van der Waals surface area contributed by atoms with Crippen molar-refractivity contribution < 1.29 is 9.53 Å². The summed E-state index contributed by atoms with van der Waals surface area (Å²) in [6, 6.07) is 10.5. The molecule has 27 heavy (non-hydrogen) atoms. The molecular weight excluding hydrogens is 344 g/mol. The predicted octanol–water partition coefficient (Wildman–Crippen LogP) is 2.90. The Kier molecular flexibility index (Phi) is 5.18. The van der Waals surface area contributed by atoms with Crippen molar-refractivity contribution in [1.82, 2.24) is 9.38 Å². The van der Waals surface area contributed by atoms with Gasteiger partial charge in [0.2, 0.25) is 0 Å². The number of carbonyl (C=O) groups excluding carboxylic acids is 1. The van der Waals surface area contributed by atoms with Crippen LogP contribution in [0.25, 0.3) is 5.52 Å². The molecule has 7 nitrogen and oxygen atoms in total. The van der Waals surface area contributed by atoms with Gasteiger partial charge in [-0.05, 0) is 30.7 Å². The van der Waals surface area contributed by atoms with Crippen LogP contribution in [0.1, 0.15) is 29.3 Å². The van der Waals surface area contributed by atoms with E-state index in [1.807, 2.05) is 13.0 Å². The van der Waals surface area contributed by atoms with E-state index < -0.39 is 11.5 Å². The molecule has 0 unspecified atom stereocenters. The molecule has 0 saturated heterocycles. The first-order chi connectivity index (χ1) is 13.1. The van der Waals surface area contributed by atoms with Crippen LogP contribution in [-0.2, 0) is 4.74 Å². The standard InChI is InChI=1S/C20H18N4O3/c1-3-11-27-20(26)17-16-8-4-5-10-24(16)19(25)15(12-21)18(17)23(2)14-7-6-9-22-13-14/h4-10,13H,3,11H2,1-2H3. The number of esters is 1. The van der Waals surface area contributed by atoms with Gasteiger partial charge in [-0.3, -0.25) is 14.2 Å². The van der Waals surface area contributed by atoms with Gasteiger partial charge >= 0.3 is 5.97 Å². The second-order valence-electron chi connectivity index (χ2n) is 5.88. The first-order valence-corrected chi connectivity index (χ1v) is 8.48. The van der Waals surface area contributed by atoms with Gasteiger partial charge in [0.25, 0.3) is 5.56 Å². The summed E-state index contributed by atoms with van der Waals surface area (Å²) in [6.45, 7) is 2.14. The fourth-order valence-electron chi connectivity index (χ4n) is 2.88. The van der Waals surface area contributed by atoms with Crippen LogP contribution in [0.15, 0.2) is 53.7 Å². The van der Waals surface area contributed by atoms with Crippen molar-refractivity contribution in [3.8, 4) is 6.07 Å². The minimum atomic E-state index is -0.581. The lowest BCUT2D eigenvalue weighted by atomic mass is 10.1. The van der Waals surface area contributed by atoms with Crippen molar-refractivity contribution >= 4 is 22.9 Å². The zero-order chi connectivity index (χ0) is 19.4. The molecular formula is C20H18N4O3. The molecule has 0 aromatic carbocycles. The highest BCUT2D eigenvalue weighted by Gasteiger charge is 2.27. The number of aromatic nitrogens is 2.